The molecule has 98 valence electrons. The standard InChI is InChI=1S/C12H15BrN2O2S/c13-11-7(3-4-18-11)6-14-12(16)15-9-5-8-1-2-10(9)17-8/h3-4,8-10H,1-2,5-6H2,(H2,14,15,16)/t8-,9-,10-/m1/s1. The van der Waals surface area contributed by atoms with Gasteiger partial charge in [-0.3, -0.25) is 0 Å². The predicted octanol–water partition coefficient (Wildman–Crippen LogP) is 2.63. The van der Waals surface area contributed by atoms with Crippen LogP contribution in [0.15, 0.2) is 15.2 Å². The highest BCUT2D eigenvalue weighted by Crippen LogP contribution is 2.34. The van der Waals surface area contributed by atoms with Gasteiger partial charge >= 0.3 is 6.03 Å². The van der Waals surface area contributed by atoms with E-state index in [1.165, 1.54) is 0 Å². The van der Waals surface area contributed by atoms with Gasteiger partial charge in [0.2, 0.25) is 0 Å². The van der Waals surface area contributed by atoms with Gasteiger partial charge in [0.1, 0.15) is 0 Å². The highest BCUT2D eigenvalue weighted by atomic mass is 79.9. The quantitative estimate of drug-likeness (QED) is 0.895. The number of ether oxygens (including phenoxy) is 1. The topological polar surface area (TPSA) is 50.4 Å². The molecule has 0 saturated carbocycles. The third-order valence-corrected chi connectivity index (χ3v) is 5.37. The molecule has 1 aromatic rings. The largest absolute Gasteiger partial charge is 0.373 e. The van der Waals surface area contributed by atoms with Crippen molar-refractivity contribution in [3.05, 3.63) is 20.8 Å². The fourth-order valence-electron chi connectivity index (χ4n) is 2.63. The van der Waals surface area contributed by atoms with E-state index >= 15 is 0 Å². The minimum atomic E-state index is -0.103. The zero-order valence-electron chi connectivity index (χ0n) is 9.82. The van der Waals surface area contributed by atoms with Gasteiger partial charge in [-0.05, 0) is 52.2 Å². The van der Waals surface area contributed by atoms with Gasteiger partial charge in [-0.25, -0.2) is 4.79 Å². The monoisotopic (exact) mass is 330 g/mol. The van der Waals surface area contributed by atoms with Gasteiger partial charge in [0.05, 0.1) is 22.0 Å². The maximum absolute atomic E-state index is 11.8. The molecule has 2 aliphatic rings. The van der Waals surface area contributed by atoms with Crippen LogP contribution in [0.1, 0.15) is 24.8 Å². The van der Waals surface area contributed by atoms with E-state index in [0.29, 0.717) is 12.6 Å². The Morgan fingerprint density at radius 1 is 1.56 bits per heavy atom. The van der Waals surface area contributed by atoms with Crippen LogP contribution in [0.5, 0.6) is 0 Å². The van der Waals surface area contributed by atoms with Crippen LogP contribution in [-0.2, 0) is 11.3 Å². The second-order valence-electron chi connectivity index (χ2n) is 4.76. The fourth-order valence-corrected chi connectivity index (χ4v) is 3.87. The molecular formula is C12H15BrN2O2S. The first-order valence-electron chi connectivity index (χ1n) is 6.14. The van der Waals surface area contributed by atoms with Crippen molar-refractivity contribution >= 4 is 33.3 Å². The lowest BCUT2D eigenvalue weighted by atomic mass is 9.96. The second kappa shape index (κ2) is 5.19. The van der Waals surface area contributed by atoms with Crippen LogP contribution in [0.25, 0.3) is 0 Å². The number of hydrogen-bond donors (Lipinski definition) is 2. The van der Waals surface area contributed by atoms with Crippen molar-refractivity contribution in [1.29, 1.82) is 0 Å². The molecule has 0 radical (unpaired) electrons. The number of amides is 2. The minimum absolute atomic E-state index is 0.103. The zero-order chi connectivity index (χ0) is 12.5. The molecule has 2 N–H and O–H groups in total. The van der Waals surface area contributed by atoms with Crippen LogP contribution in [-0.4, -0.2) is 24.3 Å². The van der Waals surface area contributed by atoms with Crippen molar-refractivity contribution in [2.45, 2.75) is 44.1 Å². The highest BCUT2D eigenvalue weighted by Gasteiger charge is 2.41. The van der Waals surface area contributed by atoms with Crippen LogP contribution in [0.2, 0.25) is 0 Å². The first-order valence-corrected chi connectivity index (χ1v) is 7.81. The maximum atomic E-state index is 11.8. The summed E-state index contributed by atoms with van der Waals surface area (Å²) in [6.07, 6.45) is 3.78. The normalized spacial score (nSPS) is 29.5. The van der Waals surface area contributed by atoms with Gasteiger partial charge in [0.25, 0.3) is 0 Å². The SMILES string of the molecule is O=C(NCc1ccsc1Br)N[C@@H]1C[C@H]2CC[C@H]1O2. The maximum Gasteiger partial charge on any atom is 0.315 e. The molecule has 2 amide bonds. The van der Waals surface area contributed by atoms with E-state index in [9.17, 15) is 4.79 Å². The molecule has 3 rings (SSSR count). The summed E-state index contributed by atoms with van der Waals surface area (Å²) < 4.78 is 6.78. The van der Waals surface area contributed by atoms with Crippen molar-refractivity contribution < 1.29 is 9.53 Å². The number of halogens is 1. The lowest BCUT2D eigenvalue weighted by Crippen LogP contribution is -2.46. The molecule has 0 unspecified atom stereocenters. The number of hydrogen-bond acceptors (Lipinski definition) is 3. The van der Waals surface area contributed by atoms with Crippen molar-refractivity contribution in [2.24, 2.45) is 0 Å². The van der Waals surface area contributed by atoms with E-state index in [0.717, 1.165) is 28.6 Å². The lowest BCUT2D eigenvalue weighted by Gasteiger charge is -2.20. The summed E-state index contributed by atoms with van der Waals surface area (Å²) in [4.78, 5) is 11.8. The first-order chi connectivity index (χ1) is 8.72. The van der Waals surface area contributed by atoms with E-state index in [2.05, 4.69) is 26.6 Å². The van der Waals surface area contributed by atoms with Crippen LogP contribution in [0.3, 0.4) is 0 Å². The Morgan fingerprint density at radius 2 is 2.44 bits per heavy atom. The van der Waals surface area contributed by atoms with E-state index in [1.807, 2.05) is 11.4 Å². The summed E-state index contributed by atoms with van der Waals surface area (Å²) >= 11 is 5.08. The summed E-state index contributed by atoms with van der Waals surface area (Å²) in [7, 11) is 0. The second-order valence-corrected chi connectivity index (χ2v) is 7.00. The van der Waals surface area contributed by atoms with E-state index in [1.54, 1.807) is 11.3 Å². The van der Waals surface area contributed by atoms with E-state index in [4.69, 9.17) is 4.74 Å². The molecule has 3 atom stereocenters. The average molecular weight is 331 g/mol. The summed E-state index contributed by atoms with van der Waals surface area (Å²) in [6, 6.07) is 2.10. The number of carbonyl (C=O) groups is 1. The Hall–Kier alpha value is -0.590. The van der Waals surface area contributed by atoms with Gasteiger partial charge < -0.3 is 15.4 Å². The molecule has 2 bridgehead atoms. The van der Waals surface area contributed by atoms with Crippen LogP contribution < -0.4 is 10.6 Å². The Bertz CT molecular complexity index is 451. The smallest absolute Gasteiger partial charge is 0.315 e. The average Bonchev–Trinajstić information content (AvgIpc) is 3.03. The van der Waals surface area contributed by atoms with Gasteiger partial charge in [0, 0.05) is 6.54 Å². The van der Waals surface area contributed by atoms with Crippen molar-refractivity contribution in [3.63, 3.8) is 0 Å². The van der Waals surface area contributed by atoms with Gasteiger partial charge in [-0.2, -0.15) is 0 Å². The van der Waals surface area contributed by atoms with Crippen molar-refractivity contribution in [1.82, 2.24) is 10.6 Å². The van der Waals surface area contributed by atoms with Gasteiger partial charge in [0.15, 0.2) is 0 Å². The molecule has 2 aliphatic heterocycles. The number of rotatable bonds is 3. The Balaban J connectivity index is 1.46. The van der Waals surface area contributed by atoms with Crippen molar-refractivity contribution in [3.8, 4) is 0 Å². The number of carbonyl (C=O) groups excluding carboxylic acids is 1. The summed E-state index contributed by atoms with van der Waals surface area (Å²) in [5.41, 5.74) is 1.11. The van der Waals surface area contributed by atoms with Crippen LogP contribution in [0, 0.1) is 0 Å². The third-order valence-electron chi connectivity index (χ3n) is 3.56. The molecule has 4 nitrogen and oxygen atoms in total. The zero-order valence-corrected chi connectivity index (χ0v) is 12.2. The summed E-state index contributed by atoms with van der Waals surface area (Å²) in [6.45, 7) is 0.553. The molecule has 2 saturated heterocycles. The molecule has 0 aromatic carbocycles. The van der Waals surface area contributed by atoms with Gasteiger partial charge in [-0.1, -0.05) is 0 Å². The lowest BCUT2D eigenvalue weighted by molar-refractivity contribution is 0.0981. The summed E-state index contributed by atoms with van der Waals surface area (Å²) in [5, 5.41) is 7.89. The number of thiophene rings is 1. The first kappa shape index (κ1) is 12.4. The third kappa shape index (κ3) is 2.55. The van der Waals surface area contributed by atoms with E-state index < -0.39 is 0 Å². The molecular weight excluding hydrogens is 316 g/mol. The van der Waals surface area contributed by atoms with Gasteiger partial charge in [-0.15, -0.1) is 11.3 Å². The fraction of sp³-hybridized carbons (Fsp3) is 0.583. The van der Waals surface area contributed by atoms with Crippen molar-refractivity contribution in [2.75, 3.05) is 0 Å². The molecule has 6 heteroatoms. The highest BCUT2D eigenvalue weighted by molar-refractivity contribution is 9.11. The molecule has 18 heavy (non-hydrogen) atoms. The van der Waals surface area contributed by atoms with E-state index in [-0.39, 0.29) is 18.2 Å². The molecule has 0 aliphatic carbocycles. The minimum Gasteiger partial charge on any atom is -0.373 e. The molecule has 3 heterocycles. The van der Waals surface area contributed by atoms with Crippen LogP contribution >= 0.6 is 27.3 Å². The number of fused-ring (bicyclic) bond motifs is 2. The number of urea groups is 1. The van der Waals surface area contributed by atoms with Crippen LogP contribution in [0.4, 0.5) is 4.79 Å². The Morgan fingerprint density at radius 3 is 3.06 bits per heavy atom. The number of nitrogens with one attached hydrogen (secondary N) is 2. The molecule has 1 aromatic heterocycles. The Kier molecular flexibility index (Phi) is 3.59. The Labute approximate surface area is 118 Å². The molecule has 0 spiro atoms. The predicted molar refractivity (Wildman–Crippen MR) is 73.7 cm³/mol. The molecule has 2 fully saturated rings. The summed E-state index contributed by atoms with van der Waals surface area (Å²) in [5.74, 6) is 0.